The third-order valence-corrected chi connectivity index (χ3v) is 3.21. The number of amides is 1. The van der Waals surface area contributed by atoms with Crippen LogP contribution in [0.15, 0.2) is 24.3 Å². The highest BCUT2D eigenvalue weighted by Gasteiger charge is 2.04. The topological polar surface area (TPSA) is 44.4 Å². The zero-order chi connectivity index (χ0) is 14.8. The summed E-state index contributed by atoms with van der Waals surface area (Å²) in [6.45, 7) is 5.10. The van der Waals surface area contributed by atoms with Crippen molar-refractivity contribution < 1.29 is 4.79 Å². The molecule has 0 aromatic heterocycles. The van der Waals surface area contributed by atoms with Crippen LogP contribution in [0, 0.1) is 6.92 Å². The zero-order valence-electron chi connectivity index (χ0n) is 12.9. The lowest BCUT2D eigenvalue weighted by Gasteiger charge is -2.16. The minimum atomic E-state index is 0.0965. The summed E-state index contributed by atoms with van der Waals surface area (Å²) in [6, 6.07) is 7.90. The first-order chi connectivity index (χ1) is 9.61. The van der Waals surface area contributed by atoms with Gasteiger partial charge in [-0.25, -0.2) is 0 Å². The Morgan fingerprint density at radius 1 is 1.25 bits per heavy atom. The molecule has 112 valence electrons. The SMILES string of the molecule is CNCCCN(C)CCCC(=O)Nc1cccc(C)c1. The Balaban J connectivity index is 2.17. The van der Waals surface area contributed by atoms with Gasteiger partial charge in [0.15, 0.2) is 0 Å². The van der Waals surface area contributed by atoms with E-state index in [4.69, 9.17) is 0 Å². The Hall–Kier alpha value is -1.39. The highest BCUT2D eigenvalue weighted by atomic mass is 16.1. The van der Waals surface area contributed by atoms with E-state index in [1.807, 2.05) is 38.2 Å². The van der Waals surface area contributed by atoms with E-state index in [-0.39, 0.29) is 5.91 Å². The molecular formula is C16H27N3O. The summed E-state index contributed by atoms with van der Waals surface area (Å²) in [4.78, 5) is 14.1. The Morgan fingerprint density at radius 2 is 2.00 bits per heavy atom. The number of aryl methyl sites for hydroxylation is 1. The van der Waals surface area contributed by atoms with Crippen LogP contribution in [0.1, 0.15) is 24.8 Å². The second-order valence-electron chi connectivity index (χ2n) is 5.28. The number of carbonyl (C=O) groups excluding carboxylic acids is 1. The summed E-state index contributed by atoms with van der Waals surface area (Å²) in [7, 11) is 4.07. The summed E-state index contributed by atoms with van der Waals surface area (Å²) in [5.74, 6) is 0.0965. The van der Waals surface area contributed by atoms with E-state index in [9.17, 15) is 4.79 Å². The monoisotopic (exact) mass is 277 g/mol. The van der Waals surface area contributed by atoms with Crippen LogP contribution in [0.5, 0.6) is 0 Å². The highest BCUT2D eigenvalue weighted by Crippen LogP contribution is 2.10. The minimum Gasteiger partial charge on any atom is -0.326 e. The maximum atomic E-state index is 11.8. The van der Waals surface area contributed by atoms with Gasteiger partial charge in [-0.2, -0.15) is 0 Å². The second-order valence-corrected chi connectivity index (χ2v) is 5.28. The van der Waals surface area contributed by atoms with Gasteiger partial charge >= 0.3 is 0 Å². The lowest BCUT2D eigenvalue weighted by atomic mass is 10.2. The number of hydrogen-bond donors (Lipinski definition) is 2. The molecule has 0 heterocycles. The van der Waals surface area contributed by atoms with Crippen molar-refractivity contribution in [2.24, 2.45) is 0 Å². The van der Waals surface area contributed by atoms with E-state index < -0.39 is 0 Å². The normalized spacial score (nSPS) is 10.8. The average molecular weight is 277 g/mol. The fraction of sp³-hybridized carbons (Fsp3) is 0.562. The van der Waals surface area contributed by atoms with Crippen LogP contribution in [0.4, 0.5) is 5.69 Å². The van der Waals surface area contributed by atoms with Crippen LogP contribution in [-0.2, 0) is 4.79 Å². The molecule has 0 unspecified atom stereocenters. The molecule has 0 bridgehead atoms. The van der Waals surface area contributed by atoms with Gasteiger partial charge in [-0.15, -0.1) is 0 Å². The van der Waals surface area contributed by atoms with Gasteiger partial charge in [-0.1, -0.05) is 12.1 Å². The first-order valence-electron chi connectivity index (χ1n) is 7.31. The van der Waals surface area contributed by atoms with Crippen molar-refractivity contribution in [2.45, 2.75) is 26.2 Å². The summed E-state index contributed by atoms with van der Waals surface area (Å²) in [6.07, 6.45) is 2.61. The van der Waals surface area contributed by atoms with E-state index in [0.29, 0.717) is 6.42 Å². The summed E-state index contributed by atoms with van der Waals surface area (Å²) in [5, 5.41) is 6.08. The molecule has 4 nitrogen and oxygen atoms in total. The van der Waals surface area contributed by atoms with Crippen molar-refractivity contribution in [1.29, 1.82) is 0 Å². The van der Waals surface area contributed by atoms with Gasteiger partial charge < -0.3 is 15.5 Å². The van der Waals surface area contributed by atoms with Gasteiger partial charge in [0.05, 0.1) is 0 Å². The fourth-order valence-electron chi connectivity index (χ4n) is 2.09. The van der Waals surface area contributed by atoms with Gasteiger partial charge in [0, 0.05) is 12.1 Å². The van der Waals surface area contributed by atoms with Crippen molar-refractivity contribution >= 4 is 11.6 Å². The van der Waals surface area contributed by atoms with Gasteiger partial charge in [0.2, 0.25) is 5.91 Å². The van der Waals surface area contributed by atoms with Crippen molar-refractivity contribution in [2.75, 3.05) is 39.0 Å². The molecule has 20 heavy (non-hydrogen) atoms. The molecule has 0 saturated carbocycles. The van der Waals surface area contributed by atoms with Crippen LogP contribution in [-0.4, -0.2) is 44.5 Å². The Bertz CT molecular complexity index is 406. The van der Waals surface area contributed by atoms with Crippen molar-refractivity contribution in [1.82, 2.24) is 10.2 Å². The van der Waals surface area contributed by atoms with Crippen LogP contribution in [0.25, 0.3) is 0 Å². The van der Waals surface area contributed by atoms with E-state index in [2.05, 4.69) is 22.6 Å². The second kappa shape index (κ2) is 9.50. The smallest absolute Gasteiger partial charge is 0.224 e. The predicted molar refractivity (Wildman–Crippen MR) is 85.1 cm³/mol. The van der Waals surface area contributed by atoms with Crippen LogP contribution in [0.3, 0.4) is 0 Å². The van der Waals surface area contributed by atoms with Gasteiger partial charge in [-0.3, -0.25) is 4.79 Å². The first kappa shape index (κ1) is 16.7. The number of benzene rings is 1. The molecule has 1 aromatic carbocycles. The first-order valence-corrected chi connectivity index (χ1v) is 7.31. The summed E-state index contributed by atoms with van der Waals surface area (Å²) >= 11 is 0. The van der Waals surface area contributed by atoms with Gasteiger partial charge in [0.1, 0.15) is 0 Å². The molecule has 0 spiro atoms. The molecule has 1 amide bonds. The Morgan fingerprint density at radius 3 is 2.70 bits per heavy atom. The number of nitrogens with one attached hydrogen (secondary N) is 2. The lowest BCUT2D eigenvalue weighted by molar-refractivity contribution is -0.116. The third kappa shape index (κ3) is 7.26. The van der Waals surface area contributed by atoms with E-state index in [1.54, 1.807) is 0 Å². The minimum absolute atomic E-state index is 0.0965. The lowest BCUT2D eigenvalue weighted by Crippen LogP contribution is -2.24. The molecule has 1 aromatic rings. The number of anilines is 1. The molecule has 0 aliphatic carbocycles. The van der Waals surface area contributed by atoms with Crippen LogP contribution >= 0.6 is 0 Å². The van der Waals surface area contributed by atoms with Crippen LogP contribution in [0.2, 0.25) is 0 Å². The molecular weight excluding hydrogens is 250 g/mol. The average Bonchev–Trinajstić information content (AvgIpc) is 2.39. The molecule has 0 atom stereocenters. The molecule has 4 heteroatoms. The molecule has 0 fully saturated rings. The zero-order valence-corrected chi connectivity index (χ0v) is 12.9. The summed E-state index contributed by atoms with van der Waals surface area (Å²) in [5.41, 5.74) is 2.05. The summed E-state index contributed by atoms with van der Waals surface area (Å²) < 4.78 is 0. The molecule has 0 aliphatic rings. The number of carbonyl (C=O) groups is 1. The maximum Gasteiger partial charge on any atom is 0.224 e. The number of nitrogens with zero attached hydrogens (tertiary/aromatic N) is 1. The van der Waals surface area contributed by atoms with Crippen molar-refractivity contribution in [3.05, 3.63) is 29.8 Å². The van der Waals surface area contributed by atoms with E-state index in [0.717, 1.165) is 43.7 Å². The molecule has 1 rings (SSSR count). The maximum absolute atomic E-state index is 11.8. The highest BCUT2D eigenvalue weighted by molar-refractivity contribution is 5.90. The van der Waals surface area contributed by atoms with E-state index in [1.165, 1.54) is 0 Å². The van der Waals surface area contributed by atoms with Crippen molar-refractivity contribution in [3.63, 3.8) is 0 Å². The number of rotatable bonds is 9. The van der Waals surface area contributed by atoms with Crippen molar-refractivity contribution in [3.8, 4) is 0 Å². The largest absolute Gasteiger partial charge is 0.326 e. The Labute approximate surface area is 122 Å². The molecule has 0 saturated heterocycles. The third-order valence-electron chi connectivity index (χ3n) is 3.21. The molecule has 2 N–H and O–H groups in total. The quantitative estimate of drug-likeness (QED) is 0.681. The number of hydrogen-bond acceptors (Lipinski definition) is 3. The standard InChI is InChI=1S/C16H27N3O/c1-14-7-4-8-15(13-14)18-16(20)9-5-11-19(3)12-6-10-17-2/h4,7-8,13,17H,5-6,9-12H2,1-3H3,(H,18,20). The van der Waals surface area contributed by atoms with Crippen LogP contribution < -0.4 is 10.6 Å². The fourth-order valence-corrected chi connectivity index (χ4v) is 2.09. The predicted octanol–water partition coefficient (Wildman–Crippen LogP) is 2.26. The molecule has 0 radical (unpaired) electrons. The van der Waals surface area contributed by atoms with Gasteiger partial charge in [-0.05, 0) is 71.2 Å². The van der Waals surface area contributed by atoms with E-state index >= 15 is 0 Å². The molecule has 0 aliphatic heterocycles. The Kier molecular flexibility index (Phi) is 7.92. The van der Waals surface area contributed by atoms with Gasteiger partial charge in [0.25, 0.3) is 0 Å².